The molecule has 0 aliphatic heterocycles. The SMILES string of the molecule is CC/C=C\C/C=C\C/C=C\C/C=C\C/C=C\C/C=C\C/C=C\C/C=C\C/C=C\C/C=C\C/C=C\CCCCCCCCCC(=O)OC(COC(=O)CCCCC/C=C\C/C=C\C/C=C\CC)COP(=O)(O)OCC[N+](C)(C)C. The summed E-state index contributed by atoms with van der Waals surface area (Å²) in [6, 6.07) is 0. The van der Waals surface area contributed by atoms with E-state index in [9.17, 15) is 19.0 Å². The number of phosphoric ester groups is 1. The van der Waals surface area contributed by atoms with Crippen molar-refractivity contribution in [1.82, 2.24) is 0 Å². The summed E-state index contributed by atoms with van der Waals surface area (Å²) in [5.41, 5.74) is 0. The zero-order chi connectivity index (χ0) is 57.0. The molecule has 0 aromatic rings. The summed E-state index contributed by atoms with van der Waals surface area (Å²) in [7, 11) is 1.43. The molecule has 0 aromatic heterocycles. The van der Waals surface area contributed by atoms with Crippen LogP contribution in [0.5, 0.6) is 0 Å². The van der Waals surface area contributed by atoms with Gasteiger partial charge < -0.3 is 18.9 Å². The van der Waals surface area contributed by atoms with Crippen molar-refractivity contribution in [2.45, 2.75) is 200 Å². The highest BCUT2D eigenvalue weighted by Gasteiger charge is 2.27. The Morgan fingerprint density at radius 1 is 0.397 bits per heavy atom. The van der Waals surface area contributed by atoms with Gasteiger partial charge in [-0.3, -0.25) is 18.6 Å². The first-order chi connectivity index (χ1) is 38.0. The average molecular weight is 1100 g/mol. The lowest BCUT2D eigenvalue weighted by molar-refractivity contribution is -0.870. The van der Waals surface area contributed by atoms with Gasteiger partial charge in [-0.15, -0.1) is 0 Å². The number of rotatable bonds is 52. The molecule has 0 bridgehead atoms. The molecule has 0 aliphatic carbocycles. The van der Waals surface area contributed by atoms with E-state index in [4.69, 9.17) is 18.5 Å². The number of quaternary nitrogens is 1. The van der Waals surface area contributed by atoms with Gasteiger partial charge in [-0.1, -0.05) is 223 Å². The Labute approximate surface area is 477 Å². The summed E-state index contributed by atoms with van der Waals surface area (Å²) in [5, 5.41) is 0. The van der Waals surface area contributed by atoms with Crippen LogP contribution in [0.25, 0.3) is 0 Å². The zero-order valence-electron chi connectivity index (χ0n) is 49.6. The lowest BCUT2D eigenvalue weighted by Crippen LogP contribution is -2.37. The first-order valence-corrected chi connectivity index (χ1v) is 31.4. The molecular formula is C68H109NO8P+. The summed E-state index contributed by atoms with van der Waals surface area (Å²) in [6.07, 6.45) is 87.3. The van der Waals surface area contributed by atoms with E-state index in [0.717, 1.165) is 141 Å². The number of ether oxygens (including phenoxy) is 2. The van der Waals surface area contributed by atoms with Gasteiger partial charge in [0.2, 0.25) is 0 Å². The van der Waals surface area contributed by atoms with Gasteiger partial charge >= 0.3 is 19.8 Å². The second kappa shape index (κ2) is 57.1. The Bertz CT molecular complexity index is 1920. The standard InChI is InChI=1S/C68H108NO8P/c1-6-8-10-12-14-16-18-20-21-22-23-24-25-26-27-28-29-30-31-32-33-34-35-36-37-38-39-40-41-42-43-44-45-46-47-49-51-53-55-57-59-61-68(71)77-66(65-76-78(72,73)75-63-62-69(3,4)5)64-74-67(70)60-58-56-54-52-50-48-19-17-15-13-11-9-7-2/h8-11,14-17,20-21,23-24,26-27,29-30,32-33,35-36,38-39,41-42,44-45,48,50,66H,6-7,12-13,18-19,22,25,28,31,34,37,40,43,46-47,49,51-65H2,1-5H3/p+1/b10-8-,11-9-,16-14-,17-15-,21-20-,24-23-,27-26-,30-29-,33-32-,36-35-,39-38-,42-41-,45-44-,50-48-. The van der Waals surface area contributed by atoms with E-state index in [1.54, 1.807) is 0 Å². The van der Waals surface area contributed by atoms with Crippen LogP contribution in [0.2, 0.25) is 0 Å². The molecule has 10 heteroatoms. The van der Waals surface area contributed by atoms with E-state index in [1.165, 1.54) is 12.8 Å². The van der Waals surface area contributed by atoms with Crippen molar-refractivity contribution in [3.8, 4) is 0 Å². The van der Waals surface area contributed by atoms with E-state index in [2.05, 4.69) is 184 Å². The molecule has 9 nitrogen and oxygen atoms in total. The van der Waals surface area contributed by atoms with Crippen molar-refractivity contribution < 1.29 is 42.1 Å². The molecule has 0 saturated carbocycles. The van der Waals surface area contributed by atoms with Crippen LogP contribution in [0.3, 0.4) is 0 Å². The fourth-order valence-electron chi connectivity index (χ4n) is 7.21. The molecule has 0 radical (unpaired) electrons. The molecule has 0 heterocycles. The van der Waals surface area contributed by atoms with Crippen LogP contribution in [-0.4, -0.2) is 74.9 Å². The van der Waals surface area contributed by atoms with Crippen molar-refractivity contribution in [2.75, 3.05) is 47.5 Å². The summed E-state index contributed by atoms with van der Waals surface area (Å²) in [4.78, 5) is 35.6. The van der Waals surface area contributed by atoms with Crippen LogP contribution in [0.15, 0.2) is 170 Å². The van der Waals surface area contributed by atoms with Gasteiger partial charge in [0, 0.05) is 12.8 Å². The molecule has 0 saturated heterocycles. The van der Waals surface area contributed by atoms with Gasteiger partial charge in [0.1, 0.15) is 19.8 Å². The Hall–Kier alpha value is -4.63. The molecule has 2 unspecified atom stereocenters. The van der Waals surface area contributed by atoms with Gasteiger partial charge in [-0.2, -0.15) is 0 Å². The molecule has 0 rings (SSSR count). The van der Waals surface area contributed by atoms with Crippen LogP contribution in [0.4, 0.5) is 0 Å². The Morgan fingerprint density at radius 3 is 1.04 bits per heavy atom. The van der Waals surface area contributed by atoms with Crippen molar-refractivity contribution >= 4 is 19.8 Å². The van der Waals surface area contributed by atoms with Gasteiger partial charge in [0.05, 0.1) is 27.7 Å². The Balaban J connectivity index is 4.15. The fraction of sp³-hybridized carbons (Fsp3) is 0.559. The predicted octanol–water partition coefficient (Wildman–Crippen LogP) is 19.0. The number of hydrogen-bond acceptors (Lipinski definition) is 7. The maximum absolute atomic E-state index is 12.8. The minimum absolute atomic E-state index is 0.0152. The molecule has 0 aromatic carbocycles. The molecule has 0 amide bonds. The lowest BCUT2D eigenvalue weighted by Gasteiger charge is -2.24. The fourth-order valence-corrected chi connectivity index (χ4v) is 7.95. The van der Waals surface area contributed by atoms with E-state index in [1.807, 2.05) is 21.1 Å². The molecule has 0 spiro atoms. The normalized spacial score (nSPS) is 14.5. The summed E-state index contributed by atoms with van der Waals surface area (Å²) >= 11 is 0. The number of phosphoric acid groups is 1. The number of carbonyl (C=O) groups excluding carboxylic acids is 2. The first kappa shape index (κ1) is 73.4. The Morgan fingerprint density at radius 2 is 0.692 bits per heavy atom. The highest BCUT2D eigenvalue weighted by molar-refractivity contribution is 7.47. The third kappa shape index (κ3) is 60.6. The minimum atomic E-state index is -4.40. The number of hydrogen-bond donors (Lipinski definition) is 1. The Kier molecular flexibility index (Phi) is 53.7. The largest absolute Gasteiger partial charge is 0.472 e. The maximum Gasteiger partial charge on any atom is 0.472 e. The number of carbonyl (C=O) groups is 2. The molecule has 0 fully saturated rings. The maximum atomic E-state index is 12.8. The third-order valence-corrected chi connectivity index (χ3v) is 12.7. The van der Waals surface area contributed by atoms with Crippen molar-refractivity contribution in [1.29, 1.82) is 0 Å². The summed E-state index contributed by atoms with van der Waals surface area (Å²) < 4.78 is 34.4. The third-order valence-electron chi connectivity index (χ3n) is 11.7. The second-order valence-corrected chi connectivity index (χ2v) is 21.7. The molecule has 1 N–H and O–H groups in total. The molecule has 0 aliphatic rings. The van der Waals surface area contributed by atoms with E-state index < -0.39 is 32.5 Å². The van der Waals surface area contributed by atoms with Crippen LogP contribution >= 0.6 is 7.82 Å². The highest BCUT2D eigenvalue weighted by Crippen LogP contribution is 2.43. The van der Waals surface area contributed by atoms with Crippen molar-refractivity contribution in [3.63, 3.8) is 0 Å². The average Bonchev–Trinajstić information content (AvgIpc) is 3.40. The van der Waals surface area contributed by atoms with Crippen LogP contribution in [0.1, 0.15) is 194 Å². The summed E-state index contributed by atoms with van der Waals surface area (Å²) in [5.74, 6) is -0.861. The van der Waals surface area contributed by atoms with Crippen molar-refractivity contribution in [2.24, 2.45) is 0 Å². The van der Waals surface area contributed by atoms with Crippen LogP contribution in [-0.2, 0) is 32.7 Å². The smallest absolute Gasteiger partial charge is 0.462 e. The molecule has 78 heavy (non-hydrogen) atoms. The van der Waals surface area contributed by atoms with Gasteiger partial charge in [0.25, 0.3) is 0 Å². The predicted molar refractivity (Wildman–Crippen MR) is 334 cm³/mol. The quantitative estimate of drug-likeness (QED) is 0.0211. The monoisotopic (exact) mass is 1100 g/mol. The summed E-state index contributed by atoms with van der Waals surface area (Å²) in [6.45, 7) is 4.11. The van der Waals surface area contributed by atoms with Crippen LogP contribution in [0, 0.1) is 0 Å². The van der Waals surface area contributed by atoms with E-state index in [-0.39, 0.29) is 26.1 Å². The molecule has 2 atom stereocenters. The molecule has 438 valence electrons. The molecular weight excluding hydrogens is 990 g/mol. The van der Waals surface area contributed by atoms with E-state index in [0.29, 0.717) is 23.9 Å². The number of esters is 2. The minimum Gasteiger partial charge on any atom is -0.462 e. The van der Waals surface area contributed by atoms with Gasteiger partial charge in [0.15, 0.2) is 6.10 Å². The lowest BCUT2D eigenvalue weighted by atomic mass is 10.1. The highest BCUT2D eigenvalue weighted by atomic mass is 31.2. The van der Waals surface area contributed by atoms with Gasteiger partial charge in [-0.25, -0.2) is 4.57 Å². The number of unbranched alkanes of at least 4 members (excludes halogenated alkanes) is 10. The zero-order valence-corrected chi connectivity index (χ0v) is 50.5. The second-order valence-electron chi connectivity index (χ2n) is 20.3. The van der Waals surface area contributed by atoms with Gasteiger partial charge in [-0.05, 0) is 128 Å². The number of allylic oxidation sites excluding steroid dienone is 28. The number of likely N-dealkylation sites (N-methyl/N-ethyl adjacent to an activating group) is 1. The van der Waals surface area contributed by atoms with Crippen molar-refractivity contribution in [3.05, 3.63) is 170 Å². The van der Waals surface area contributed by atoms with Crippen LogP contribution < -0.4 is 0 Å². The topological polar surface area (TPSA) is 108 Å². The first-order valence-electron chi connectivity index (χ1n) is 29.9. The van der Waals surface area contributed by atoms with E-state index >= 15 is 0 Å². The number of nitrogens with zero attached hydrogens (tertiary/aromatic N) is 1.